The molecule has 1 aliphatic heterocycles. The average molecular weight is 376 g/mol. The average Bonchev–Trinajstić information content (AvgIpc) is 3.33. The minimum Gasteiger partial charge on any atom is -0.355 e. The van der Waals surface area contributed by atoms with Crippen LogP contribution in [-0.2, 0) is 7.05 Å². The molecule has 0 aliphatic carbocycles. The third-order valence-corrected chi connectivity index (χ3v) is 5.33. The van der Waals surface area contributed by atoms with Crippen molar-refractivity contribution >= 4 is 17.0 Å². The highest BCUT2D eigenvalue weighted by atomic mass is 16.2. The van der Waals surface area contributed by atoms with E-state index in [4.69, 9.17) is 0 Å². The molecule has 0 atom stereocenters. The summed E-state index contributed by atoms with van der Waals surface area (Å²) < 4.78 is 3.16. The minimum absolute atomic E-state index is 0.112. The topological polar surface area (TPSA) is 97.5 Å². The van der Waals surface area contributed by atoms with Crippen LogP contribution < -0.4 is 10.6 Å². The van der Waals surface area contributed by atoms with Gasteiger partial charge in [-0.2, -0.15) is 5.10 Å². The van der Waals surface area contributed by atoms with Crippen LogP contribution in [0.5, 0.6) is 0 Å². The molecule has 0 amide bonds. The van der Waals surface area contributed by atoms with Crippen molar-refractivity contribution in [3.05, 3.63) is 59.3 Å². The van der Waals surface area contributed by atoms with Gasteiger partial charge in [0.25, 0.3) is 0 Å². The number of piperidine rings is 1. The third kappa shape index (κ3) is 2.67. The molecule has 1 aliphatic rings. The van der Waals surface area contributed by atoms with Crippen LogP contribution in [0, 0.1) is 0 Å². The SMILES string of the molecule is Cn1nc(C2CCN(c3ncnc4nc[nH]c34)CC2)n(-c2ccccc2)c1=O. The molecule has 4 aromatic rings. The molecular formula is C19H20N8O. The molecule has 0 bridgehead atoms. The molecule has 0 radical (unpaired) electrons. The Morgan fingerprint density at radius 2 is 1.86 bits per heavy atom. The lowest BCUT2D eigenvalue weighted by atomic mass is 9.95. The number of para-hydroxylation sites is 1. The molecule has 0 unspecified atom stereocenters. The summed E-state index contributed by atoms with van der Waals surface area (Å²) in [6.07, 6.45) is 4.98. The highest BCUT2D eigenvalue weighted by Gasteiger charge is 2.28. The van der Waals surface area contributed by atoms with Crippen molar-refractivity contribution in [1.82, 2.24) is 34.3 Å². The number of nitrogens with zero attached hydrogens (tertiary/aromatic N) is 7. The van der Waals surface area contributed by atoms with E-state index in [2.05, 4.69) is 29.9 Å². The number of aromatic amines is 1. The smallest absolute Gasteiger partial charge is 0.350 e. The number of rotatable bonds is 3. The van der Waals surface area contributed by atoms with Crippen molar-refractivity contribution in [2.45, 2.75) is 18.8 Å². The first-order valence-corrected chi connectivity index (χ1v) is 9.33. The van der Waals surface area contributed by atoms with Gasteiger partial charge in [0.2, 0.25) is 0 Å². The zero-order valence-electron chi connectivity index (χ0n) is 15.5. The quantitative estimate of drug-likeness (QED) is 0.584. The van der Waals surface area contributed by atoms with Crippen molar-refractivity contribution in [2.24, 2.45) is 7.05 Å². The number of anilines is 1. The summed E-state index contributed by atoms with van der Waals surface area (Å²) in [5, 5.41) is 4.56. The number of aromatic nitrogens is 7. The summed E-state index contributed by atoms with van der Waals surface area (Å²) in [6, 6.07) is 9.70. The maximum Gasteiger partial charge on any atom is 0.350 e. The van der Waals surface area contributed by atoms with E-state index < -0.39 is 0 Å². The first kappa shape index (κ1) is 16.7. The second kappa shape index (κ2) is 6.59. The summed E-state index contributed by atoms with van der Waals surface area (Å²) in [5.74, 6) is 1.92. The predicted octanol–water partition coefficient (Wildman–Crippen LogP) is 1.62. The van der Waals surface area contributed by atoms with Crippen molar-refractivity contribution in [1.29, 1.82) is 0 Å². The summed E-state index contributed by atoms with van der Waals surface area (Å²) in [4.78, 5) is 30.9. The third-order valence-electron chi connectivity index (χ3n) is 5.33. The van der Waals surface area contributed by atoms with Crippen LogP contribution in [0.25, 0.3) is 16.9 Å². The van der Waals surface area contributed by atoms with E-state index in [1.807, 2.05) is 30.3 Å². The summed E-state index contributed by atoms with van der Waals surface area (Å²) in [5.41, 5.74) is 2.28. The largest absolute Gasteiger partial charge is 0.355 e. The van der Waals surface area contributed by atoms with Gasteiger partial charge < -0.3 is 9.88 Å². The molecule has 3 aromatic heterocycles. The van der Waals surface area contributed by atoms with Crippen LogP contribution in [0.2, 0.25) is 0 Å². The van der Waals surface area contributed by atoms with E-state index in [0.717, 1.165) is 48.8 Å². The van der Waals surface area contributed by atoms with Gasteiger partial charge in [-0.1, -0.05) is 18.2 Å². The second-order valence-electron chi connectivity index (χ2n) is 7.00. The molecule has 1 N–H and O–H groups in total. The lowest BCUT2D eigenvalue weighted by molar-refractivity contribution is 0.475. The summed E-state index contributed by atoms with van der Waals surface area (Å²) in [7, 11) is 1.70. The van der Waals surface area contributed by atoms with Gasteiger partial charge in [-0.3, -0.25) is 0 Å². The van der Waals surface area contributed by atoms with Gasteiger partial charge >= 0.3 is 5.69 Å². The van der Waals surface area contributed by atoms with Crippen LogP contribution in [-0.4, -0.2) is 47.4 Å². The molecule has 1 saturated heterocycles. The number of aryl methyl sites for hydroxylation is 1. The minimum atomic E-state index is -0.112. The molecule has 1 aromatic carbocycles. The molecule has 142 valence electrons. The van der Waals surface area contributed by atoms with Crippen LogP contribution in [0.1, 0.15) is 24.6 Å². The molecular weight excluding hydrogens is 356 g/mol. The monoisotopic (exact) mass is 376 g/mol. The van der Waals surface area contributed by atoms with Crippen LogP contribution in [0.15, 0.2) is 47.8 Å². The Balaban J connectivity index is 1.43. The van der Waals surface area contributed by atoms with Gasteiger partial charge in [-0.25, -0.2) is 29.0 Å². The first-order valence-electron chi connectivity index (χ1n) is 9.33. The van der Waals surface area contributed by atoms with E-state index >= 15 is 0 Å². The van der Waals surface area contributed by atoms with Crippen LogP contribution in [0.4, 0.5) is 5.82 Å². The Labute approximate surface area is 160 Å². The second-order valence-corrected chi connectivity index (χ2v) is 7.00. The van der Waals surface area contributed by atoms with E-state index in [1.54, 1.807) is 24.3 Å². The fourth-order valence-electron chi connectivity index (χ4n) is 3.91. The van der Waals surface area contributed by atoms with Gasteiger partial charge in [0.1, 0.15) is 17.7 Å². The fourth-order valence-corrected chi connectivity index (χ4v) is 3.91. The molecule has 0 spiro atoms. The lowest BCUT2D eigenvalue weighted by Crippen LogP contribution is -2.34. The number of nitrogens with one attached hydrogen (secondary N) is 1. The number of hydrogen-bond acceptors (Lipinski definition) is 6. The lowest BCUT2D eigenvalue weighted by Gasteiger charge is -2.32. The fraction of sp³-hybridized carbons (Fsp3) is 0.316. The molecule has 28 heavy (non-hydrogen) atoms. The Morgan fingerprint density at radius 1 is 1.07 bits per heavy atom. The normalized spacial score (nSPS) is 15.4. The maximum absolute atomic E-state index is 12.7. The van der Waals surface area contributed by atoms with Gasteiger partial charge in [0, 0.05) is 26.1 Å². The number of H-pyrrole nitrogens is 1. The zero-order chi connectivity index (χ0) is 19.1. The van der Waals surface area contributed by atoms with Gasteiger partial charge in [0.05, 0.1) is 12.0 Å². The molecule has 1 fully saturated rings. The highest BCUT2D eigenvalue weighted by molar-refractivity contribution is 5.82. The van der Waals surface area contributed by atoms with Gasteiger partial charge in [-0.15, -0.1) is 0 Å². The molecule has 9 nitrogen and oxygen atoms in total. The van der Waals surface area contributed by atoms with Gasteiger partial charge in [0.15, 0.2) is 11.5 Å². The summed E-state index contributed by atoms with van der Waals surface area (Å²) >= 11 is 0. The number of hydrogen-bond donors (Lipinski definition) is 1. The number of imidazole rings is 1. The van der Waals surface area contributed by atoms with E-state index in [1.165, 1.54) is 4.68 Å². The van der Waals surface area contributed by atoms with E-state index in [0.29, 0.717) is 5.65 Å². The zero-order valence-corrected chi connectivity index (χ0v) is 15.5. The van der Waals surface area contributed by atoms with Crippen LogP contribution in [0.3, 0.4) is 0 Å². The van der Waals surface area contributed by atoms with Crippen molar-refractivity contribution < 1.29 is 0 Å². The highest BCUT2D eigenvalue weighted by Crippen LogP contribution is 2.31. The van der Waals surface area contributed by atoms with Crippen molar-refractivity contribution in [2.75, 3.05) is 18.0 Å². The first-order chi connectivity index (χ1) is 13.7. The molecule has 5 rings (SSSR count). The van der Waals surface area contributed by atoms with E-state index in [-0.39, 0.29) is 11.6 Å². The van der Waals surface area contributed by atoms with Crippen molar-refractivity contribution in [3.8, 4) is 5.69 Å². The maximum atomic E-state index is 12.7. The predicted molar refractivity (Wildman–Crippen MR) is 105 cm³/mol. The molecule has 9 heteroatoms. The Hall–Kier alpha value is -3.49. The summed E-state index contributed by atoms with van der Waals surface area (Å²) in [6.45, 7) is 1.66. The Bertz CT molecular complexity index is 1170. The molecule has 0 saturated carbocycles. The van der Waals surface area contributed by atoms with Crippen molar-refractivity contribution in [3.63, 3.8) is 0 Å². The van der Waals surface area contributed by atoms with Crippen LogP contribution >= 0.6 is 0 Å². The number of fused-ring (bicyclic) bond motifs is 1. The number of benzene rings is 1. The Kier molecular flexibility index (Phi) is 3.92. The molecule has 4 heterocycles. The van der Waals surface area contributed by atoms with E-state index in [9.17, 15) is 4.79 Å². The Morgan fingerprint density at radius 3 is 2.64 bits per heavy atom. The van der Waals surface area contributed by atoms with Gasteiger partial charge in [-0.05, 0) is 25.0 Å². The standard InChI is InChI=1S/C19H20N8O/c1-25-19(28)27(14-5-3-2-4-6-14)17(24-25)13-7-9-26(10-8-13)18-15-16(21-11-20-15)22-12-23-18/h2-6,11-13H,7-10H2,1H3,(H,20,21,22,23).